The third-order valence-electron chi connectivity index (χ3n) is 1.68. The van der Waals surface area contributed by atoms with Crippen LogP contribution in [0.5, 0.6) is 0 Å². The highest BCUT2D eigenvalue weighted by Gasteiger charge is 2.07. The average Bonchev–Trinajstić information content (AvgIpc) is 2.55. The number of nitrogens with zero attached hydrogens (tertiary/aromatic N) is 3. The summed E-state index contributed by atoms with van der Waals surface area (Å²) >= 11 is 1.39. The number of anilines is 2. The van der Waals surface area contributed by atoms with Gasteiger partial charge in [-0.3, -0.25) is 0 Å². The van der Waals surface area contributed by atoms with Gasteiger partial charge in [0.1, 0.15) is 0 Å². The van der Waals surface area contributed by atoms with Crippen LogP contribution >= 0.6 is 11.5 Å². The Balaban J connectivity index is 2.72. The summed E-state index contributed by atoms with van der Waals surface area (Å²) in [6.07, 6.45) is 0. The Kier molecular flexibility index (Phi) is 3.28. The molecule has 0 amide bonds. The van der Waals surface area contributed by atoms with Crippen LogP contribution in [-0.4, -0.2) is 29.5 Å². The van der Waals surface area contributed by atoms with Gasteiger partial charge in [-0.2, -0.15) is 9.36 Å². The Morgan fingerprint density at radius 2 is 2.08 bits per heavy atom. The maximum atomic E-state index is 4.29. The molecule has 0 bridgehead atoms. The monoisotopic (exact) mass is 186 g/mol. The van der Waals surface area contributed by atoms with Gasteiger partial charge in [-0.05, 0) is 13.8 Å². The van der Waals surface area contributed by atoms with Crippen molar-refractivity contribution in [2.45, 2.75) is 13.8 Å². The molecule has 0 aliphatic heterocycles. The van der Waals surface area contributed by atoms with E-state index in [1.165, 1.54) is 11.5 Å². The van der Waals surface area contributed by atoms with Crippen molar-refractivity contribution in [3.8, 4) is 0 Å². The van der Waals surface area contributed by atoms with Crippen LogP contribution in [0.2, 0.25) is 0 Å². The molecule has 0 unspecified atom stereocenters. The first kappa shape index (κ1) is 9.25. The first-order valence-corrected chi connectivity index (χ1v) is 4.85. The van der Waals surface area contributed by atoms with Crippen LogP contribution in [-0.2, 0) is 0 Å². The SMILES string of the molecule is CCN(CC)c1nsc(NC)n1. The quantitative estimate of drug-likeness (QED) is 0.772. The third-order valence-corrected chi connectivity index (χ3v) is 2.40. The van der Waals surface area contributed by atoms with Crippen LogP contribution in [0.15, 0.2) is 0 Å². The summed E-state index contributed by atoms with van der Waals surface area (Å²) in [4.78, 5) is 6.42. The fourth-order valence-electron chi connectivity index (χ4n) is 0.952. The maximum absolute atomic E-state index is 4.29. The third kappa shape index (κ3) is 1.85. The van der Waals surface area contributed by atoms with Crippen molar-refractivity contribution < 1.29 is 0 Å². The van der Waals surface area contributed by atoms with Gasteiger partial charge < -0.3 is 10.2 Å². The molecule has 1 heterocycles. The van der Waals surface area contributed by atoms with Gasteiger partial charge in [0, 0.05) is 31.7 Å². The predicted octanol–water partition coefficient (Wildman–Crippen LogP) is 1.43. The van der Waals surface area contributed by atoms with Crippen molar-refractivity contribution in [3.63, 3.8) is 0 Å². The Bertz CT molecular complexity index is 231. The number of nitrogens with one attached hydrogen (secondary N) is 1. The lowest BCUT2D eigenvalue weighted by molar-refractivity contribution is 0.835. The summed E-state index contributed by atoms with van der Waals surface area (Å²) < 4.78 is 4.22. The first-order chi connectivity index (χ1) is 5.81. The molecule has 1 aromatic rings. The summed E-state index contributed by atoms with van der Waals surface area (Å²) in [6.45, 7) is 6.11. The van der Waals surface area contributed by atoms with Crippen molar-refractivity contribution in [1.29, 1.82) is 0 Å². The second kappa shape index (κ2) is 4.25. The Labute approximate surface area is 76.8 Å². The number of hydrogen-bond donors (Lipinski definition) is 1. The smallest absolute Gasteiger partial charge is 0.239 e. The molecule has 1 N–H and O–H groups in total. The molecule has 12 heavy (non-hydrogen) atoms. The zero-order chi connectivity index (χ0) is 8.97. The maximum Gasteiger partial charge on any atom is 0.239 e. The van der Waals surface area contributed by atoms with Gasteiger partial charge >= 0.3 is 0 Å². The van der Waals surface area contributed by atoms with Crippen molar-refractivity contribution in [2.75, 3.05) is 30.4 Å². The Morgan fingerprint density at radius 1 is 1.42 bits per heavy atom. The molecule has 5 heteroatoms. The van der Waals surface area contributed by atoms with Gasteiger partial charge in [0.05, 0.1) is 0 Å². The highest BCUT2D eigenvalue weighted by Crippen LogP contribution is 2.16. The molecule has 1 rings (SSSR count). The van der Waals surface area contributed by atoms with Crippen LogP contribution in [0.25, 0.3) is 0 Å². The molecule has 0 saturated heterocycles. The summed E-state index contributed by atoms with van der Waals surface area (Å²) in [6, 6.07) is 0. The second-order valence-corrected chi connectivity index (χ2v) is 3.07. The summed E-state index contributed by atoms with van der Waals surface area (Å²) in [5.41, 5.74) is 0. The van der Waals surface area contributed by atoms with E-state index < -0.39 is 0 Å². The minimum atomic E-state index is 0.828. The van der Waals surface area contributed by atoms with E-state index in [9.17, 15) is 0 Å². The van der Waals surface area contributed by atoms with Gasteiger partial charge in [-0.1, -0.05) is 0 Å². The molecule has 0 aromatic carbocycles. The van der Waals surface area contributed by atoms with Crippen molar-refractivity contribution in [2.24, 2.45) is 0 Å². The standard InChI is InChI=1S/C7H14N4S/c1-4-11(5-2)6-9-7(8-3)12-10-6/h4-5H2,1-3H3,(H,8,9,10). The number of rotatable bonds is 4. The molecule has 0 atom stereocenters. The lowest BCUT2D eigenvalue weighted by Crippen LogP contribution is -2.22. The van der Waals surface area contributed by atoms with E-state index in [-0.39, 0.29) is 0 Å². The van der Waals surface area contributed by atoms with Crippen LogP contribution < -0.4 is 10.2 Å². The molecule has 4 nitrogen and oxygen atoms in total. The second-order valence-electron chi connectivity index (χ2n) is 2.32. The molecule has 0 aliphatic rings. The molecular formula is C7H14N4S. The van der Waals surface area contributed by atoms with E-state index in [1.807, 2.05) is 7.05 Å². The highest BCUT2D eigenvalue weighted by molar-refractivity contribution is 7.09. The summed E-state index contributed by atoms with van der Waals surface area (Å²) in [5.74, 6) is 0.828. The number of aromatic nitrogens is 2. The average molecular weight is 186 g/mol. The minimum absolute atomic E-state index is 0.828. The van der Waals surface area contributed by atoms with Gasteiger partial charge in [-0.15, -0.1) is 0 Å². The van der Waals surface area contributed by atoms with Crippen molar-refractivity contribution >= 4 is 22.6 Å². The van der Waals surface area contributed by atoms with E-state index in [4.69, 9.17) is 0 Å². The van der Waals surface area contributed by atoms with Crippen molar-refractivity contribution in [1.82, 2.24) is 9.36 Å². The normalized spacial score (nSPS) is 9.92. The fourth-order valence-corrected chi connectivity index (χ4v) is 1.49. The zero-order valence-corrected chi connectivity index (χ0v) is 8.48. The highest BCUT2D eigenvalue weighted by atomic mass is 32.1. The molecule has 68 valence electrons. The molecule has 0 saturated carbocycles. The van der Waals surface area contributed by atoms with Gasteiger partial charge in [-0.25, -0.2) is 0 Å². The van der Waals surface area contributed by atoms with Gasteiger partial charge in [0.25, 0.3) is 0 Å². The lowest BCUT2D eigenvalue weighted by atomic mass is 10.5. The molecule has 1 aromatic heterocycles. The topological polar surface area (TPSA) is 41.1 Å². The van der Waals surface area contributed by atoms with E-state index in [0.717, 1.165) is 24.2 Å². The van der Waals surface area contributed by atoms with Crippen LogP contribution in [0.4, 0.5) is 11.1 Å². The van der Waals surface area contributed by atoms with E-state index in [1.54, 1.807) is 0 Å². The van der Waals surface area contributed by atoms with Crippen molar-refractivity contribution in [3.05, 3.63) is 0 Å². The van der Waals surface area contributed by atoms with E-state index in [0.29, 0.717) is 0 Å². The number of hydrogen-bond acceptors (Lipinski definition) is 5. The summed E-state index contributed by atoms with van der Waals surface area (Å²) in [7, 11) is 1.85. The largest absolute Gasteiger partial charge is 0.363 e. The zero-order valence-electron chi connectivity index (χ0n) is 7.66. The lowest BCUT2D eigenvalue weighted by Gasteiger charge is -2.15. The molecule has 0 aliphatic carbocycles. The Hall–Kier alpha value is -0.840. The molecular weight excluding hydrogens is 172 g/mol. The summed E-state index contributed by atoms with van der Waals surface area (Å²) in [5, 5.41) is 3.84. The first-order valence-electron chi connectivity index (χ1n) is 4.08. The Morgan fingerprint density at radius 3 is 2.50 bits per heavy atom. The molecule has 0 fully saturated rings. The van der Waals surface area contributed by atoms with Crippen LogP contribution in [0, 0.1) is 0 Å². The predicted molar refractivity (Wildman–Crippen MR) is 53.0 cm³/mol. The molecule has 0 spiro atoms. The molecule has 0 radical (unpaired) electrons. The van der Waals surface area contributed by atoms with Gasteiger partial charge in [0.2, 0.25) is 11.1 Å². The van der Waals surface area contributed by atoms with E-state index >= 15 is 0 Å². The minimum Gasteiger partial charge on any atom is -0.363 e. The van der Waals surface area contributed by atoms with E-state index in [2.05, 4.69) is 33.4 Å². The van der Waals surface area contributed by atoms with Gasteiger partial charge in [0.15, 0.2) is 0 Å². The van der Waals surface area contributed by atoms with Crippen LogP contribution in [0.3, 0.4) is 0 Å². The fraction of sp³-hybridized carbons (Fsp3) is 0.714. The van der Waals surface area contributed by atoms with Crippen LogP contribution in [0.1, 0.15) is 13.8 Å².